The Hall–Kier alpha value is -4.95. The van der Waals surface area contributed by atoms with Crippen LogP contribution < -0.4 is 25.1 Å². The summed E-state index contributed by atoms with van der Waals surface area (Å²) in [7, 11) is 2.35. The fourth-order valence-electron chi connectivity index (χ4n) is 3.84. The lowest BCUT2D eigenvalue weighted by molar-refractivity contribution is -0.0507. The minimum atomic E-state index is -3.30. The molecule has 1 amide bonds. The number of carbonyl (C=O) groups is 1. The summed E-state index contributed by atoms with van der Waals surface area (Å²) in [6.07, 6.45) is 1.16. The standard InChI is InChI=1S/C25H18F6N4O5/c1-34-20(18-15(26)10-14(38-2)11-16(18)27)19(33-22(36)12-5-7-13(8-6-12)39-24(28)29)23(37)35(34)21-17(40-25(30)31)4-3-9-32-21/h3-11,24-25H,1-2H3,(H,33,36). The maximum Gasteiger partial charge on any atom is 0.387 e. The highest BCUT2D eigenvalue weighted by molar-refractivity contribution is 6.06. The normalized spacial score (nSPS) is 11.2. The van der Waals surface area contributed by atoms with Crippen molar-refractivity contribution in [1.82, 2.24) is 14.3 Å². The number of nitrogens with one attached hydrogen (secondary N) is 1. The first-order chi connectivity index (χ1) is 19.0. The summed E-state index contributed by atoms with van der Waals surface area (Å²) in [5, 5.41) is 2.26. The molecule has 9 nitrogen and oxygen atoms in total. The van der Waals surface area contributed by atoms with Crippen molar-refractivity contribution in [2.45, 2.75) is 13.2 Å². The topological polar surface area (TPSA) is 96.6 Å². The molecule has 1 N–H and O–H groups in total. The first kappa shape index (κ1) is 28.1. The van der Waals surface area contributed by atoms with Crippen LogP contribution in [0.5, 0.6) is 17.2 Å². The van der Waals surface area contributed by atoms with Gasteiger partial charge in [-0.05, 0) is 36.4 Å². The van der Waals surface area contributed by atoms with Crippen LogP contribution >= 0.6 is 0 Å². The lowest BCUT2D eigenvalue weighted by Crippen LogP contribution is -2.24. The van der Waals surface area contributed by atoms with Crippen LogP contribution in [0.1, 0.15) is 10.4 Å². The monoisotopic (exact) mass is 568 g/mol. The zero-order valence-corrected chi connectivity index (χ0v) is 20.5. The number of amides is 1. The third-order valence-electron chi connectivity index (χ3n) is 5.50. The van der Waals surface area contributed by atoms with E-state index >= 15 is 8.78 Å². The Labute approximate surface area is 221 Å². The minimum Gasteiger partial charge on any atom is -0.497 e. The number of benzene rings is 2. The molecular weight excluding hydrogens is 550 g/mol. The molecule has 0 saturated carbocycles. The second kappa shape index (κ2) is 11.4. The van der Waals surface area contributed by atoms with Gasteiger partial charge in [0.25, 0.3) is 11.5 Å². The molecule has 2 aromatic heterocycles. The van der Waals surface area contributed by atoms with E-state index in [0.717, 1.165) is 53.3 Å². The van der Waals surface area contributed by atoms with Gasteiger partial charge in [-0.3, -0.25) is 14.3 Å². The molecule has 0 aliphatic heterocycles. The van der Waals surface area contributed by atoms with Gasteiger partial charge in [0.1, 0.15) is 34.5 Å². The van der Waals surface area contributed by atoms with E-state index in [2.05, 4.69) is 19.8 Å². The largest absolute Gasteiger partial charge is 0.497 e. The summed E-state index contributed by atoms with van der Waals surface area (Å²) in [6.45, 7) is -6.41. The molecule has 15 heteroatoms. The Morgan fingerprint density at radius 3 is 2.15 bits per heavy atom. The Balaban J connectivity index is 1.90. The number of halogens is 6. The van der Waals surface area contributed by atoms with Crippen molar-refractivity contribution in [1.29, 1.82) is 0 Å². The van der Waals surface area contributed by atoms with Crippen molar-refractivity contribution in [3.05, 3.63) is 82.3 Å². The fraction of sp³-hybridized carbons (Fsp3) is 0.160. The van der Waals surface area contributed by atoms with Crippen LogP contribution in [-0.4, -0.2) is 40.6 Å². The van der Waals surface area contributed by atoms with E-state index in [0.29, 0.717) is 4.68 Å². The summed E-state index contributed by atoms with van der Waals surface area (Å²) in [5.41, 5.74) is -3.17. The molecular formula is C25H18F6N4O5. The van der Waals surface area contributed by atoms with Crippen LogP contribution in [0, 0.1) is 11.6 Å². The predicted octanol–water partition coefficient (Wildman–Crippen LogP) is 4.98. The number of nitrogens with zero attached hydrogens (tertiary/aromatic N) is 3. The van der Waals surface area contributed by atoms with Gasteiger partial charge >= 0.3 is 13.2 Å². The van der Waals surface area contributed by atoms with Crippen molar-refractivity contribution < 1.29 is 45.3 Å². The predicted molar refractivity (Wildman–Crippen MR) is 128 cm³/mol. The van der Waals surface area contributed by atoms with Gasteiger partial charge in [-0.2, -0.15) is 22.2 Å². The molecule has 0 unspecified atom stereocenters. The van der Waals surface area contributed by atoms with E-state index in [-0.39, 0.29) is 17.1 Å². The van der Waals surface area contributed by atoms with Crippen LogP contribution in [0.15, 0.2) is 59.5 Å². The Morgan fingerprint density at radius 1 is 0.950 bits per heavy atom. The van der Waals surface area contributed by atoms with E-state index in [1.165, 1.54) is 20.2 Å². The van der Waals surface area contributed by atoms with Crippen LogP contribution in [0.4, 0.5) is 32.0 Å². The third-order valence-corrected chi connectivity index (χ3v) is 5.50. The number of carbonyl (C=O) groups excluding carboxylic acids is 1. The summed E-state index contributed by atoms with van der Waals surface area (Å²) >= 11 is 0. The molecule has 0 saturated heterocycles. The van der Waals surface area contributed by atoms with E-state index in [9.17, 15) is 27.2 Å². The van der Waals surface area contributed by atoms with Gasteiger partial charge in [0.15, 0.2) is 11.6 Å². The van der Waals surface area contributed by atoms with Gasteiger partial charge in [0.2, 0.25) is 0 Å². The zero-order valence-electron chi connectivity index (χ0n) is 20.5. The van der Waals surface area contributed by atoms with Crippen molar-refractivity contribution in [2.24, 2.45) is 7.05 Å². The van der Waals surface area contributed by atoms with Gasteiger partial charge < -0.3 is 19.5 Å². The first-order valence-electron chi connectivity index (χ1n) is 11.1. The molecule has 0 fully saturated rings. The number of rotatable bonds is 9. The fourth-order valence-corrected chi connectivity index (χ4v) is 3.84. The number of pyridine rings is 1. The SMILES string of the molecule is COc1cc(F)c(-c2c(NC(=O)c3ccc(OC(F)F)cc3)c(=O)n(-c3ncccc3OC(F)F)n2C)c(F)c1. The molecule has 210 valence electrons. The molecule has 2 heterocycles. The molecule has 2 aromatic carbocycles. The van der Waals surface area contributed by atoms with Crippen molar-refractivity contribution in [3.8, 4) is 34.3 Å². The summed E-state index contributed by atoms with van der Waals surface area (Å²) in [6, 6.07) is 8.35. The van der Waals surface area contributed by atoms with Gasteiger partial charge in [0.05, 0.1) is 12.7 Å². The van der Waals surface area contributed by atoms with Crippen LogP contribution in [0.2, 0.25) is 0 Å². The highest BCUT2D eigenvalue weighted by Crippen LogP contribution is 2.35. The molecule has 0 aliphatic carbocycles. The van der Waals surface area contributed by atoms with Gasteiger partial charge in [-0.15, -0.1) is 0 Å². The van der Waals surface area contributed by atoms with Crippen molar-refractivity contribution >= 4 is 11.6 Å². The Morgan fingerprint density at radius 2 is 1.57 bits per heavy atom. The maximum atomic E-state index is 15.2. The molecule has 40 heavy (non-hydrogen) atoms. The molecule has 4 aromatic rings. The maximum absolute atomic E-state index is 15.2. The minimum absolute atomic E-state index is 0.141. The molecule has 4 rings (SSSR count). The summed E-state index contributed by atoms with van der Waals surface area (Å²) < 4.78 is 96.4. The highest BCUT2D eigenvalue weighted by Gasteiger charge is 2.29. The summed E-state index contributed by atoms with van der Waals surface area (Å²) in [5.74, 6) is -4.79. The van der Waals surface area contributed by atoms with E-state index in [1.54, 1.807) is 0 Å². The molecule has 0 spiro atoms. The van der Waals surface area contributed by atoms with Crippen LogP contribution in [-0.2, 0) is 7.05 Å². The van der Waals surface area contributed by atoms with E-state index < -0.39 is 64.8 Å². The molecule has 0 atom stereocenters. The first-order valence-corrected chi connectivity index (χ1v) is 11.1. The quantitative estimate of drug-likeness (QED) is 0.286. The second-order valence-corrected chi connectivity index (χ2v) is 7.89. The van der Waals surface area contributed by atoms with Crippen molar-refractivity contribution in [2.75, 3.05) is 12.4 Å². The van der Waals surface area contributed by atoms with E-state index in [4.69, 9.17) is 4.74 Å². The molecule has 0 aliphatic rings. The summed E-state index contributed by atoms with van der Waals surface area (Å²) in [4.78, 5) is 30.5. The number of anilines is 1. The number of alkyl halides is 4. The number of ether oxygens (including phenoxy) is 3. The van der Waals surface area contributed by atoms with Gasteiger partial charge in [-0.25, -0.2) is 13.8 Å². The number of methoxy groups -OCH3 is 1. The Bertz CT molecular complexity index is 1580. The lowest BCUT2D eigenvalue weighted by atomic mass is 10.1. The van der Waals surface area contributed by atoms with Gasteiger partial charge in [0, 0.05) is 30.9 Å². The molecule has 0 radical (unpaired) electrons. The average molecular weight is 568 g/mol. The van der Waals surface area contributed by atoms with Crippen molar-refractivity contribution in [3.63, 3.8) is 0 Å². The number of aromatic nitrogens is 3. The number of hydrogen-bond acceptors (Lipinski definition) is 6. The zero-order chi connectivity index (χ0) is 29.1. The lowest BCUT2D eigenvalue weighted by Gasteiger charge is -2.14. The van der Waals surface area contributed by atoms with Crippen LogP contribution in [0.3, 0.4) is 0 Å². The highest BCUT2D eigenvalue weighted by atomic mass is 19.3. The Kier molecular flexibility index (Phi) is 8.02. The van der Waals surface area contributed by atoms with Gasteiger partial charge in [-0.1, -0.05) is 0 Å². The van der Waals surface area contributed by atoms with Crippen LogP contribution in [0.25, 0.3) is 17.1 Å². The third kappa shape index (κ3) is 5.57. The number of hydrogen-bond donors (Lipinski definition) is 1. The average Bonchev–Trinajstić information content (AvgIpc) is 3.12. The molecule has 0 bridgehead atoms. The smallest absolute Gasteiger partial charge is 0.387 e. The van der Waals surface area contributed by atoms with E-state index in [1.807, 2.05) is 0 Å². The second-order valence-electron chi connectivity index (χ2n) is 7.89.